The maximum Gasteiger partial charge on any atom is 0.295 e. The topological polar surface area (TPSA) is 70.2 Å². The molecule has 1 saturated heterocycles. The van der Waals surface area contributed by atoms with Gasteiger partial charge in [-0.2, -0.15) is 0 Å². The molecule has 2 N–H and O–H groups in total. The molecule has 0 radical (unpaired) electrons. The van der Waals surface area contributed by atoms with E-state index in [0.717, 1.165) is 32.5 Å². The van der Waals surface area contributed by atoms with Crippen LogP contribution in [0.2, 0.25) is 0 Å². The number of methoxy groups -OCH3 is 1. The maximum atomic E-state index is 11.8. The van der Waals surface area contributed by atoms with Gasteiger partial charge < -0.3 is 19.9 Å². The van der Waals surface area contributed by atoms with Gasteiger partial charge >= 0.3 is 0 Å². The Morgan fingerprint density at radius 3 is 2.75 bits per heavy atom. The van der Waals surface area contributed by atoms with Crippen LogP contribution in [0.3, 0.4) is 0 Å². The van der Waals surface area contributed by atoms with Gasteiger partial charge in [0.25, 0.3) is 5.56 Å². The number of H-pyrrole nitrogens is 1. The van der Waals surface area contributed by atoms with Crippen LogP contribution in [0.1, 0.15) is 26.7 Å². The summed E-state index contributed by atoms with van der Waals surface area (Å²) in [7, 11) is 1.51. The van der Waals surface area contributed by atoms with Crippen LogP contribution in [0.4, 0.5) is 5.82 Å². The van der Waals surface area contributed by atoms with Gasteiger partial charge in [-0.05, 0) is 45.7 Å². The van der Waals surface area contributed by atoms with Crippen molar-refractivity contribution < 1.29 is 4.74 Å². The molecule has 1 aromatic heterocycles. The molecule has 6 heteroatoms. The van der Waals surface area contributed by atoms with Crippen molar-refractivity contribution in [1.29, 1.82) is 0 Å². The van der Waals surface area contributed by atoms with Crippen molar-refractivity contribution in [2.75, 3.05) is 31.6 Å². The van der Waals surface area contributed by atoms with E-state index in [9.17, 15) is 4.79 Å². The minimum Gasteiger partial charge on any atom is -0.489 e. The second kappa shape index (κ2) is 6.74. The molecule has 0 unspecified atom stereocenters. The summed E-state index contributed by atoms with van der Waals surface area (Å²) in [5, 5.41) is 3.37. The quantitative estimate of drug-likeness (QED) is 0.842. The predicted octanol–water partition coefficient (Wildman–Crippen LogP) is 0.993. The number of rotatable bonds is 5. The fourth-order valence-corrected chi connectivity index (χ4v) is 2.65. The Morgan fingerprint density at radius 2 is 2.15 bits per heavy atom. The van der Waals surface area contributed by atoms with Crippen LogP contribution in [-0.4, -0.2) is 42.8 Å². The summed E-state index contributed by atoms with van der Waals surface area (Å²) >= 11 is 0. The number of hydrogen-bond donors (Lipinski definition) is 2. The summed E-state index contributed by atoms with van der Waals surface area (Å²) < 4.78 is 5.24. The van der Waals surface area contributed by atoms with Gasteiger partial charge in [-0.15, -0.1) is 0 Å². The van der Waals surface area contributed by atoms with Gasteiger partial charge in [0.1, 0.15) is 0 Å². The molecule has 0 bridgehead atoms. The van der Waals surface area contributed by atoms with Crippen molar-refractivity contribution in [2.24, 2.45) is 5.92 Å². The third-order valence-corrected chi connectivity index (χ3v) is 3.80. The Hall–Kier alpha value is -1.56. The second-order valence-corrected chi connectivity index (χ2v) is 5.53. The Labute approximate surface area is 119 Å². The van der Waals surface area contributed by atoms with E-state index in [1.165, 1.54) is 13.4 Å². The molecule has 0 amide bonds. The molecule has 0 saturated carbocycles. The van der Waals surface area contributed by atoms with Crippen LogP contribution in [0.5, 0.6) is 5.75 Å². The van der Waals surface area contributed by atoms with Gasteiger partial charge in [0.2, 0.25) is 5.75 Å². The second-order valence-electron chi connectivity index (χ2n) is 5.53. The number of ether oxygens (including phenoxy) is 1. The van der Waals surface area contributed by atoms with Crippen LogP contribution in [0, 0.1) is 5.92 Å². The molecule has 2 rings (SSSR count). The van der Waals surface area contributed by atoms with Gasteiger partial charge in [-0.1, -0.05) is 0 Å². The highest BCUT2D eigenvalue weighted by atomic mass is 16.5. The highest BCUT2D eigenvalue weighted by Crippen LogP contribution is 2.25. The lowest BCUT2D eigenvalue weighted by Gasteiger charge is -2.34. The standard InChI is InChI=1S/C14H24N4O2/c1-10(2)18(8-11-4-6-15-7-5-11)13-12(20-3)14(19)17-9-16-13/h9-11,15H,4-8H2,1-3H3,(H,16,17,19). The smallest absolute Gasteiger partial charge is 0.295 e. The van der Waals surface area contributed by atoms with Crippen LogP contribution in [0.25, 0.3) is 0 Å². The minimum atomic E-state index is -0.228. The fourth-order valence-electron chi connectivity index (χ4n) is 2.65. The van der Waals surface area contributed by atoms with Gasteiger partial charge in [0.15, 0.2) is 5.82 Å². The van der Waals surface area contributed by atoms with Crippen LogP contribution in [-0.2, 0) is 0 Å². The molecule has 1 aromatic rings. The molecule has 1 aliphatic rings. The van der Waals surface area contributed by atoms with Crippen molar-refractivity contribution >= 4 is 5.82 Å². The summed E-state index contributed by atoms with van der Waals surface area (Å²) in [4.78, 5) is 20.9. The first kappa shape index (κ1) is 14.8. The number of nitrogens with zero attached hydrogens (tertiary/aromatic N) is 2. The van der Waals surface area contributed by atoms with Crippen molar-refractivity contribution in [1.82, 2.24) is 15.3 Å². The Bertz CT molecular complexity index is 480. The zero-order chi connectivity index (χ0) is 14.5. The number of aromatic nitrogens is 2. The number of aromatic amines is 1. The largest absolute Gasteiger partial charge is 0.489 e. The van der Waals surface area contributed by atoms with E-state index in [2.05, 4.69) is 34.0 Å². The fraction of sp³-hybridized carbons (Fsp3) is 0.714. The first-order chi connectivity index (χ1) is 9.63. The van der Waals surface area contributed by atoms with Crippen LogP contribution >= 0.6 is 0 Å². The molecule has 20 heavy (non-hydrogen) atoms. The summed E-state index contributed by atoms with van der Waals surface area (Å²) in [6.45, 7) is 7.27. The van der Waals surface area contributed by atoms with E-state index in [4.69, 9.17) is 4.74 Å². The Balaban J connectivity index is 2.24. The average molecular weight is 280 g/mol. The molecule has 0 atom stereocenters. The van der Waals surface area contributed by atoms with Crippen molar-refractivity contribution in [3.63, 3.8) is 0 Å². The Morgan fingerprint density at radius 1 is 1.45 bits per heavy atom. The summed E-state index contributed by atoms with van der Waals surface area (Å²) in [5.74, 6) is 1.57. The van der Waals surface area contributed by atoms with Gasteiger partial charge in [0, 0.05) is 12.6 Å². The first-order valence-corrected chi connectivity index (χ1v) is 7.22. The Kier molecular flexibility index (Phi) is 5.00. The number of anilines is 1. The van der Waals surface area contributed by atoms with Crippen molar-refractivity contribution in [3.8, 4) is 5.75 Å². The molecule has 112 valence electrons. The monoisotopic (exact) mass is 280 g/mol. The van der Waals surface area contributed by atoms with E-state index >= 15 is 0 Å². The lowest BCUT2D eigenvalue weighted by Crippen LogP contribution is -2.40. The zero-order valence-electron chi connectivity index (χ0n) is 12.5. The maximum absolute atomic E-state index is 11.8. The molecular formula is C14H24N4O2. The van der Waals surface area contributed by atoms with Gasteiger partial charge in [0.05, 0.1) is 13.4 Å². The molecule has 0 aromatic carbocycles. The highest BCUT2D eigenvalue weighted by Gasteiger charge is 2.23. The third-order valence-electron chi connectivity index (χ3n) is 3.80. The van der Waals surface area contributed by atoms with Gasteiger partial charge in [-0.25, -0.2) is 4.98 Å². The molecule has 0 spiro atoms. The normalized spacial score (nSPS) is 16.4. The summed E-state index contributed by atoms with van der Waals surface area (Å²) in [6.07, 6.45) is 3.77. The zero-order valence-corrected chi connectivity index (χ0v) is 12.5. The van der Waals surface area contributed by atoms with Crippen LogP contribution in [0.15, 0.2) is 11.1 Å². The molecular weight excluding hydrogens is 256 g/mol. The molecule has 1 aliphatic heterocycles. The predicted molar refractivity (Wildman–Crippen MR) is 79.5 cm³/mol. The van der Waals surface area contributed by atoms with Crippen molar-refractivity contribution in [3.05, 3.63) is 16.7 Å². The number of nitrogens with one attached hydrogen (secondary N) is 2. The molecule has 2 heterocycles. The SMILES string of the molecule is COc1c(N(CC2CCNCC2)C(C)C)nc[nH]c1=O. The number of piperidine rings is 1. The van der Waals surface area contributed by atoms with E-state index in [1.807, 2.05) is 0 Å². The number of hydrogen-bond acceptors (Lipinski definition) is 5. The van der Waals surface area contributed by atoms with E-state index in [0.29, 0.717) is 17.5 Å². The molecule has 6 nitrogen and oxygen atoms in total. The van der Waals surface area contributed by atoms with E-state index < -0.39 is 0 Å². The van der Waals surface area contributed by atoms with Gasteiger partial charge in [-0.3, -0.25) is 4.79 Å². The molecule has 1 fully saturated rings. The third kappa shape index (κ3) is 3.30. The van der Waals surface area contributed by atoms with Crippen molar-refractivity contribution in [2.45, 2.75) is 32.7 Å². The first-order valence-electron chi connectivity index (χ1n) is 7.22. The highest BCUT2D eigenvalue weighted by molar-refractivity contribution is 5.51. The average Bonchev–Trinajstić information content (AvgIpc) is 2.45. The van der Waals surface area contributed by atoms with Crippen LogP contribution < -0.4 is 20.5 Å². The van der Waals surface area contributed by atoms with E-state index in [1.54, 1.807) is 0 Å². The lowest BCUT2D eigenvalue weighted by molar-refractivity contribution is 0.361. The van der Waals surface area contributed by atoms with E-state index in [-0.39, 0.29) is 11.6 Å². The summed E-state index contributed by atoms with van der Waals surface area (Å²) in [5.41, 5.74) is -0.228. The lowest BCUT2D eigenvalue weighted by atomic mass is 9.97. The minimum absolute atomic E-state index is 0.228. The summed E-state index contributed by atoms with van der Waals surface area (Å²) in [6, 6.07) is 0.271. The molecule has 0 aliphatic carbocycles.